The molecule has 0 fully saturated rings. The predicted molar refractivity (Wildman–Crippen MR) is 72.0 cm³/mol. The number of halogens is 3. The average Bonchev–Trinajstić information content (AvgIpc) is 2.66. The molecule has 0 spiro atoms. The standard InChI is InChI=1S/C12H13BrClFN2/c1-3-7(2)17-11-4-8(13)9(15)5-10(11)16-12(17)6-14/h4-5,7H,3,6H2,1-2H3. The quantitative estimate of drug-likeness (QED) is 0.753. The van der Waals surface area contributed by atoms with E-state index in [-0.39, 0.29) is 5.82 Å². The van der Waals surface area contributed by atoms with Crippen LogP contribution in [0.25, 0.3) is 11.0 Å². The van der Waals surface area contributed by atoms with Gasteiger partial charge in [-0.15, -0.1) is 11.6 Å². The van der Waals surface area contributed by atoms with Crippen LogP contribution in [0.3, 0.4) is 0 Å². The molecule has 1 heterocycles. The fourth-order valence-electron chi connectivity index (χ4n) is 1.91. The smallest absolute Gasteiger partial charge is 0.139 e. The molecule has 2 nitrogen and oxygen atoms in total. The van der Waals surface area contributed by atoms with E-state index in [0.29, 0.717) is 21.9 Å². The van der Waals surface area contributed by atoms with Crippen molar-refractivity contribution in [1.29, 1.82) is 0 Å². The summed E-state index contributed by atoms with van der Waals surface area (Å²) >= 11 is 9.10. The highest BCUT2D eigenvalue weighted by atomic mass is 79.9. The molecule has 92 valence electrons. The topological polar surface area (TPSA) is 17.8 Å². The Balaban J connectivity index is 2.74. The average molecular weight is 320 g/mol. The number of imidazole rings is 1. The molecule has 17 heavy (non-hydrogen) atoms. The van der Waals surface area contributed by atoms with Crippen LogP contribution in [0.5, 0.6) is 0 Å². The highest BCUT2D eigenvalue weighted by Crippen LogP contribution is 2.28. The summed E-state index contributed by atoms with van der Waals surface area (Å²) in [6.45, 7) is 4.21. The number of rotatable bonds is 3. The van der Waals surface area contributed by atoms with Gasteiger partial charge >= 0.3 is 0 Å². The maximum absolute atomic E-state index is 13.4. The molecule has 5 heteroatoms. The molecule has 1 aromatic carbocycles. The first kappa shape index (κ1) is 12.8. The highest BCUT2D eigenvalue weighted by Gasteiger charge is 2.15. The van der Waals surface area contributed by atoms with Gasteiger partial charge in [0.1, 0.15) is 11.6 Å². The lowest BCUT2D eigenvalue weighted by atomic mass is 10.2. The molecule has 0 saturated heterocycles. The summed E-state index contributed by atoms with van der Waals surface area (Å²) in [4.78, 5) is 4.37. The van der Waals surface area contributed by atoms with Gasteiger partial charge < -0.3 is 4.57 Å². The van der Waals surface area contributed by atoms with E-state index in [4.69, 9.17) is 11.6 Å². The van der Waals surface area contributed by atoms with Crippen LogP contribution in [-0.4, -0.2) is 9.55 Å². The van der Waals surface area contributed by atoms with Crippen LogP contribution in [-0.2, 0) is 5.88 Å². The zero-order chi connectivity index (χ0) is 12.6. The largest absolute Gasteiger partial charge is 0.324 e. The molecular formula is C12H13BrClFN2. The number of nitrogens with zero attached hydrogens (tertiary/aromatic N) is 2. The Bertz CT molecular complexity index is 553. The van der Waals surface area contributed by atoms with Gasteiger partial charge in [-0.2, -0.15) is 0 Å². The number of aromatic nitrogens is 2. The van der Waals surface area contributed by atoms with Crippen molar-refractivity contribution < 1.29 is 4.39 Å². The molecule has 0 bridgehead atoms. The van der Waals surface area contributed by atoms with Crippen LogP contribution < -0.4 is 0 Å². The summed E-state index contributed by atoms with van der Waals surface area (Å²) in [6.07, 6.45) is 0.977. The molecule has 2 rings (SSSR count). The van der Waals surface area contributed by atoms with Crippen LogP contribution in [0.2, 0.25) is 0 Å². The Kier molecular flexibility index (Phi) is 3.73. The van der Waals surface area contributed by atoms with Crippen molar-refractivity contribution >= 4 is 38.6 Å². The molecular weight excluding hydrogens is 307 g/mol. The molecule has 1 unspecified atom stereocenters. The second-order valence-corrected chi connectivity index (χ2v) is 5.17. The SMILES string of the molecule is CCC(C)n1c(CCl)nc2cc(F)c(Br)cc21. The second-order valence-electron chi connectivity index (χ2n) is 4.04. The van der Waals surface area contributed by atoms with Crippen molar-refractivity contribution in [3.05, 3.63) is 28.2 Å². The van der Waals surface area contributed by atoms with Crippen molar-refractivity contribution in [3.8, 4) is 0 Å². The van der Waals surface area contributed by atoms with Crippen molar-refractivity contribution in [2.45, 2.75) is 32.2 Å². The lowest BCUT2D eigenvalue weighted by Gasteiger charge is -2.14. The van der Waals surface area contributed by atoms with Crippen LogP contribution in [0.1, 0.15) is 32.1 Å². The number of hydrogen-bond acceptors (Lipinski definition) is 1. The fraction of sp³-hybridized carbons (Fsp3) is 0.417. The van der Waals surface area contributed by atoms with Crippen LogP contribution in [0.15, 0.2) is 16.6 Å². The summed E-state index contributed by atoms with van der Waals surface area (Å²) in [6, 6.07) is 3.50. The molecule has 0 radical (unpaired) electrons. The van der Waals surface area contributed by atoms with E-state index in [9.17, 15) is 4.39 Å². The molecule has 0 aliphatic heterocycles. The molecule has 0 saturated carbocycles. The first-order valence-electron chi connectivity index (χ1n) is 5.50. The Morgan fingerprint density at radius 1 is 1.53 bits per heavy atom. The molecule has 0 aliphatic rings. The van der Waals surface area contributed by atoms with E-state index >= 15 is 0 Å². The van der Waals surface area contributed by atoms with E-state index in [1.165, 1.54) is 6.07 Å². The maximum atomic E-state index is 13.4. The van der Waals surface area contributed by atoms with E-state index in [1.54, 1.807) is 6.07 Å². The van der Waals surface area contributed by atoms with Gasteiger partial charge in [0, 0.05) is 12.1 Å². The first-order chi connectivity index (χ1) is 8.08. The number of alkyl halides is 1. The molecule has 2 aromatic rings. The third kappa shape index (κ3) is 2.20. The van der Waals surface area contributed by atoms with Gasteiger partial charge in [-0.1, -0.05) is 6.92 Å². The molecule has 1 atom stereocenters. The molecule has 0 amide bonds. The maximum Gasteiger partial charge on any atom is 0.139 e. The minimum atomic E-state index is -0.299. The van der Waals surface area contributed by atoms with Crippen LogP contribution in [0, 0.1) is 5.82 Å². The van der Waals surface area contributed by atoms with Crippen molar-refractivity contribution in [3.63, 3.8) is 0 Å². The molecule has 0 aliphatic carbocycles. The fourth-order valence-corrected chi connectivity index (χ4v) is 2.43. The van der Waals surface area contributed by atoms with E-state index in [2.05, 4.69) is 39.3 Å². The van der Waals surface area contributed by atoms with Crippen molar-refractivity contribution in [1.82, 2.24) is 9.55 Å². The summed E-state index contributed by atoms with van der Waals surface area (Å²) < 4.78 is 16.0. The summed E-state index contributed by atoms with van der Waals surface area (Å²) in [5, 5.41) is 0. The van der Waals surface area contributed by atoms with Gasteiger partial charge in [-0.05, 0) is 35.3 Å². The lowest BCUT2D eigenvalue weighted by molar-refractivity contribution is 0.530. The van der Waals surface area contributed by atoms with Gasteiger partial charge in [0.15, 0.2) is 0 Å². The minimum absolute atomic E-state index is 0.297. The zero-order valence-corrected chi connectivity index (χ0v) is 12.0. The second kappa shape index (κ2) is 4.94. The lowest BCUT2D eigenvalue weighted by Crippen LogP contribution is -2.07. The van der Waals surface area contributed by atoms with Gasteiger partial charge in [0.05, 0.1) is 21.4 Å². The first-order valence-corrected chi connectivity index (χ1v) is 6.83. The van der Waals surface area contributed by atoms with Crippen LogP contribution >= 0.6 is 27.5 Å². The van der Waals surface area contributed by atoms with Crippen molar-refractivity contribution in [2.75, 3.05) is 0 Å². The highest BCUT2D eigenvalue weighted by molar-refractivity contribution is 9.10. The predicted octanol–water partition coefficient (Wildman–Crippen LogP) is 4.65. The Hall–Kier alpha value is -0.610. The van der Waals surface area contributed by atoms with Crippen LogP contribution in [0.4, 0.5) is 4.39 Å². The number of fused-ring (bicyclic) bond motifs is 1. The molecule has 1 aromatic heterocycles. The van der Waals surface area contributed by atoms with Gasteiger partial charge in [0.25, 0.3) is 0 Å². The zero-order valence-electron chi connectivity index (χ0n) is 9.67. The summed E-state index contributed by atoms with van der Waals surface area (Å²) in [7, 11) is 0. The van der Waals surface area contributed by atoms with Gasteiger partial charge in [-0.3, -0.25) is 0 Å². The Morgan fingerprint density at radius 2 is 2.24 bits per heavy atom. The Labute approximate surface area is 113 Å². The van der Waals surface area contributed by atoms with Crippen molar-refractivity contribution in [2.24, 2.45) is 0 Å². The van der Waals surface area contributed by atoms with E-state index in [1.807, 2.05) is 0 Å². The number of benzene rings is 1. The third-order valence-electron chi connectivity index (χ3n) is 2.96. The summed E-state index contributed by atoms with van der Waals surface area (Å²) in [5.41, 5.74) is 1.57. The Morgan fingerprint density at radius 3 is 2.82 bits per heavy atom. The van der Waals surface area contributed by atoms with E-state index < -0.39 is 0 Å². The normalized spacial score (nSPS) is 13.2. The third-order valence-corrected chi connectivity index (χ3v) is 3.80. The molecule has 0 N–H and O–H groups in total. The minimum Gasteiger partial charge on any atom is -0.324 e. The number of hydrogen-bond donors (Lipinski definition) is 0. The summed E-state index contributed by atoms with van der Waals surface area (Å²) in [5.74, 6) is 0.819. The van der Waals surface area contributed by atoms with Gasteiger partial charge in [0.2, 0.25) is 0 Å². The van der Waals surface area contributed by atoms with E-state index in [0.717, 1.165) is 17.8 Å². The monoisotopic (exact) mass is 318 g/mol. The van der Waals surface area contributed by atoms with Gasteiger partial charge in [-0.25, -0.2) is 9.37 Å².